The predicted octanol–water partition coefficient (Wildman–Crippen LogP) is 2.98. The first-order valence-corrected chi connectivity index (χ1v) is 10.5. The molecule has 1 saturated heterocycles. The van der Waals surface area contributed by atoms with Gasteiger partial charge in [0.05, 0.1) is 38.4 Å². The molecule has 0 unspecified atom stereocenters. The Hall–Kier alpha value is -2.99. The van der Waals surface area contributed by atoms with E-state index in [0.717, 1.165) is 18.7 Å². The van der Waals surface area contributed by atoms with Crippen molar-refractivity contribution in [1.29, 1.82) is 0 Å². The second-order valence-electron chi connectivity index (χ2n) is 7.83. The largest absolute Gasteiger partial charge is 0.507 e. The summed E-state index contributed by atoms with van der Waals surface area (Å²) in [6.45, 7) is 2.80. The summed E-state index contributed by atoms with van der Waals surface area (Å²) in [5.41, 5.74) is 1.93. The van der Waals surface area contributed by atoms with Crippen molar-refractivity contribution in [2.24, 2.45) is 0 Å². The number of carbonyl (C=O) groups is 1. The summed E-state index contributed by atoms with van der Waals surface area (Å²) in [6.07, 6.45) is 6.57. The topological polar surface area (TPSA) is 69.4 Å². The van der Waals surface area contributed by atoms with Gasteiger partial charge in [-0.05, 0) is 56.0 Å². The number of methoxy groups -OCH3 is 2. The van der Waals surface area contributed by atoms with Gasteiger partial charge in [-0.1, -0.05) is 0 Å². The standard InChI is InChI=1S/C24H27NO5/c1-28-17-8-7-16(21(14-17)29-2)13-22-23(27)18-9-10-20(26)19(24(18)30-22)15-25-11-5-3-4-6-12-25/h7-10,13-14,26H,3-6,11-12,15H2,1-2H3/p+1/b22-13-. The van der Waals surface area contributed by atoms with Crippen LogP contribution in [-0.2, 0) is 6.54 Å². The molecular formula is C24H28NO5+. The van der Waals surface area contributed by atoms with Crippen LogP contribution in [0.15, 0.2) is 36.1 Å². The lowest BCUT2D eigenvalue weighted by Crippen LogP contribution is -3.10. The summed E-state index contributed by atoms with van der Waals surface area (Å²) in [5.74, 6) is 1.97. The Bertz CT molecular complexity index is 974. The Morgan fingerprint density at radius 1 is 1.07 bits per heavy atom. The fourth-order valence-electron chi connectivity index (χ4n) is 4.20. The number of benzene rings is 2. The summed E-state index contributed by atoms with van der Waals surface area (Å²) in [6, 6.07) is 8.63. The maximum absolute atomic E-state index is 13.0. The zero-order valence-corrected chi connectivity index (χ0v) is 17.5. The van der Waals surface area contributed by atoms with E-state index in [9.17, 15) is 9.90 Å². The number of carbonyl (C=O) groups excluding carboxylic acids is 1. The van der Waals surface area contributed by atoms with Gasteiger partial charge in [0.25, 0.3) is 0 Å². The van der Waals surface area contributed by atoms with Crippen LogP contribution in [0.1, 0.15) is 47.2 Å². The van der Waals surface area contributed by atoms with Gasteiger partial charge in [0, 0.05) is 11.6 Å². The minimum Gasteiger partial charge on any atom is -0.507 e. The number of allylic oxidation sites excluding steroid dienone is 1. The van der Waals surface area contributed by atoms with Crippen LogP contribution in [0, 0.1) is 0 Å². The molecule has 0 radical (unpaired) electrons. The Balaban J connectivity index is 1.65. The number of quaternary nitrogens is 1. The van der Waals surface area contributed by atoms with E-state index in [1.54, 1.807) is 44.6 Å². The fraction of sp³-hybridized carbons (Fsp3) is 0.375. The van der Waals surface area contributed by atoms with Crippen LogP contribution in [0.4, 0.5) is 0 Å². The first-order valence-electron chi connectivity index (χ1n) is 10.5. The van der Waals surface area contributed by atoms with Gasteiger partial charge in [-0.3, -0.25) is 4.79 Å². The summed E-state index contributed by atoms with van der Waals surface area (Å²) in [7, 11) is 3.16. The Kier molecular flexibility index (Phi) is 5.95. The molecule has 0 amide bonds. The van der Waals surface area contributed by atoms with Crippen LogP contribution < -0.4 is 19.1 Å². The minimum absolute atomic E-state index is 0.182. The predicted molar refractivity (Wildman–Crippen MR) is 113 cm³/mol. The van der Waals surface area contributed by atoms with Crippen LogP contribution >= 0.6 is 0 Å². The molecule has 6 nitrogen and oxygen atoms in total. The zero-order chi connectivity index (χ0) is 21.1. The minimum atomic E-state index is -0.185. The molecule has 2 heterocycles. The summed E-state index contributed by atoms with van der Waals surface area (Å²) in [5, 5.41) is 10.5. The second-order valence-corrected chi connectivity index (χ2v) is 7.83. The third-order valence-corrected chi connectivity index (χ3v) is 5.88. The summed E-state index contributed by atoms with van der Waals surface area (Å²) < 4.78 is 16.7. The molecule has 6 heteroatoms. The van der Waals surface area contributed by atoms with Crippen LogP contribution in [0.5, 0.6) is 23.0 Å². The molecule has 2 aliphatic rings. The van der Waals surface area contributed by atoms with E-state index in [4.69, 9.17) is 14.2 Å². The van der Waals surface area contributed by atoms with Crippen molar-refractivity contribution in [2.75, 3.05) is 27.3 Å². The number of hydrogen-bond acceptors (Lipinski definition) is 5. The Morgan fingerprint density at radius 2 is 1.83 bits per heavy atom. The summed E-state index contributed by atoms with van der Waals surface area (Å²) in [4.78, 5) is 14.4. The van der Waals surface area contributed by atoms with Crippen molar-refractivity contribution in [2.45, 2.75) is 32.2 Å². The number of phenolic OH excluding ortho intramolecular Hbond substituents is 1. The molecule has 0 atom stereocenters. The van der Waals surface area contributed by atoms with Crippen molar-refractivity contribution in [1.82, 2.24) is 0 Å². The van der Waals surface area contributed by atoms with Crippen LogP contribution in [0.3, 0.4) is 0 Å². The molecule has 2 aliphatic heterocycles. The molecule has 2 N–H and O–H groups in total. The van der Waals surface area contributed by atoms with Crippen LogP contribution in [-0.4, -0.2) is 38.2 Å². The average molecular weight is 410 g/mol. The van der Waals surface area contributed by atoms with Gasteiger partial charge in [0.2, 0.25) is 5.78 Å². The highest BCUT2D eigenvalue weighted by atomic mass is 16.5. The highest BCUT2D eigenvalue weighted by molar-refractivity contribution is 6.15. The van der Waals surface area contributed by atoms with Crippen molar-refractivity contribution < 1.29 is 29.0 Å². The lowest BCUT2D eigenvalue weighted by molar-refractivity contribution is -0.913. The SMILES string of the molecule is COc1ccc(/C=C2\Oc3c(ccc(O)c3C[NH+]3CCCCCC3)C2=O)c(OC)c1. The number of fused-ring (bicyclic) bond motifs is 1. The molecule has 0 aliphatic carbocycles. The number of nitrogens with one attached hydrogen (secondary N) is 1. The zero-order valence-electron chi connectivity index (χ0n) is 17.5. The third kappa shape index (κ3) is 4.00. The number of hydrogen-bond donors (Lipinski definition) is 2. The number of Topliss-reactive ketones (excluding diaryl/α,β-unsaturated/α-hetero) is 1. The number of ether oxygens (including phenoxy) is 3. The molecular weight excluding hydrogens is 382 g/mol. The molecule has 2 aromatic rings. The third-order valence-electron chi connectivity index (χ3n) is 5.88. The second kappa shape index (κ2) is 8.79. The van der Waals surface area contributed by atoms with E-state index in [0.29, 0.717) is 34.9 Å². The van der Waals surface area contributed by atoms with Crippen molar-refractivity contribution >= 4 is 11.9 Å². The molecule has 0 saturated carbocycles. The lowest BCUT2D eigenvalue weighted by atomic mass is 10.0. The summed E-state index contributed by atoms with van der Waals surface area (Å²) >= 11 is 0. The fourth-order valence-corrected chi connectivity index (χ4v) is 4.20. The van der Waals surface area contributed by atoms with Crippen LogP contribution in [0.25, 0.3) is 6.08 Å². The van der Waals surface area contributed by atoms with Crippen molar-refractivity contribution in [3.8, 4) is 23.0 Å². The van der Waals surface area contributed by atoms with E-state index in [1.165, 1.54) is 30.6 Å². The molecule has 30 heavy (non-hydrogen) atoms. The van der Waals surface area contributed by atoms with E-state index in [1.807, 2.05) is 6.07 Å². The van der Waals surface area contributed by atoms with Crippen LogP contribution in [0.2, 0.25) is 0 Å². The maximum Gasteiger partial charge on any atom is 0.231 e. The highest BCUT2D eigenvalue weighted by Gasteiger charge is 2.33. The first kappa shape index (κ1) is 20.3. The highest BCUT2D eigenvalue weighted by Crippen LogP contribution is 2.40. The van der Waals surface area contributed by atoms with Gasteiger partial charge in [-0.25, -0.2) is 0 Å². The first-order chi connectivity index (χ1) is 14.6. The van der Waals surface area contributed by atoms with E-state index >= 15 is 0 Å². The average Bonchev–Trinajstić information content (AvgIpc) is 2.92. The number of likely N-dealkylation sites (tertiary alicyclic amines) is 1. The Labute approximate surface area is 176 Å². The molecule has 0 spiro atoms. The van der Waals surface area contributed by atoms with Gasteiger partial charge in [-0.15, -0.1) is 0 Å². The number of ketones is 1. The molecule has 0 bridgehead atoms. The Morgan fingerprint density at radius 3 is 2.53 bits per heavy atom. The van der Waals surface area contributed by atoms with Gasteiger partial charge in [0.1, 0.15) is 23.8 Å². The van der Waals surface area contributed by atoms with E-state index in [2.05, 4.69) is 0 Å². The van der Waals surface area contributed by atoms with E-state index in [-0.39, 0.29) is 17.3 Å². The number of rotatable bonds is 5. The number of aromatic hydroxyl groups is 1. The maximum atomic E-state index is 13.0. The normalized spacial score (nSPS) is 18.1. The van der Waals surface area contributed by atoms with Crippen molar-refractivity contribution in [3.05, 3.63) is 52.8 Å². The quantitative estimate of drug-likeness (QED) is 0.742. The molecule has 2 aromatic carbocycles. The van der Waals surface area contributed by atoms with Gasteiger partial charge in [-0.2, -0.15) is 0 Å². The van der Waals surface area contributed by atoms with Gasteiger partial charge in [0.15, 0.2) is 11.5 Å². The smallest absolute Gasteiger partial charge is 0.231 e. The molecule has 158 valence electrons. The monoisotopic (exact) mass is 410 g/mol. The molecule has 1 fully saturated rings. The lowest BCUT2D eigenvalue weighted by Gasteiger charge is -2.19. The number of phenols is 1. The van der Waals surface area contributed by atoms with Gasteiger partial charge >= 0.3 is 0 Å². The van der Waals surface area contributed by atoms with E-state index < -0.39 is 0 Å². The molecule has 0 aromatic heterocycles. The molecule has 4 rings (SSSR count). The van der Waals surface area contributed by atoms with Gasteiger partial charge < -0.3 is 24.2 Å². The van der Waals surface area contributed by atoms with Crippen molar-refractivity contribution in [3.63, 3.8) is 0 Å².